The van der Waals surface area contributed by atoms with E-state index in [-0.39, 0.29) is 5.41 Å². The molecule has 1 aromatic carbocycles. The van der Waals surface area contributed by atoms with Crippen molar-refractivity contribution in [3.63, 3.8) is 0 Å². The number of likely N-dealkylation sites (tertiary alicyclic amines) is 2. The smallest absolute Gasteiger partial charge is 0.230 e. The molecule has 5 nitrogen and oxygen atoms in total. The number of para-hydroxylation sites is 1. The van der Waals surface area contributed by atoms with E-state index in [1.54, 1.807) is 0 Å². The Morgan fingerprint density at radius 3 is 2.72 bits per heavy atom. The van der Waals surface area contributed by atoms with Crippen LogP contribution in [-0.2, 0) is 11.3 Å². The minimum absolute atomic E-state index is 0.132. The summed E-state index contributed by atoms with van der Waals surface area (Å²) in [6.45, 7) is 6.70. The van der Waals surface area contributed by atoms with E-state index in [0.717, 1.165) is 57.7 Å². The van der Waals surface area contributed by atoms with Crippen molar-refractivity contribution in [2.24, 2.45) is 5.41 Å². The normalized spacial score (nSPS) is 23.9. The fraction of sp³-hybridized carbons (Fsp3) is 0.500. The summed E-state index contributed by atoms with van der Waals surface area (Å²) in [5.74, 6) is 0.383. The van der Waals surface area contributed by atoms with Gasteiger partial charge in [-0.15, -0.1) is 0 Å². The van der Waals surface area contributed by atoms with Crippen LogP contribution in [0.15, 0.2) is 42.6 Å². The molecule has 0 radical (unpaired) electrons. The Kier molecular flexibility index (Phi) is 4.34. The van der Waals surface area contributed by atoms with Crippen molar-refractivity contribution in [3.8, 4) is 5.69 Å². The quantitative estimate of drug-likeness (QED) is 0.842. The van der Waals surface area contributed by atoms with E-state index in [4.69, 9.17) is 0 Å². The molecule has 0 N–H and O–H groups in total. The van der Waals surface area contributed by atoms with Crippen LogP contribution in [0, 0.1) is 5.41 Å². The molecule has 2 aliphatic heterocycles. The van der Waals surface area contributed by atoms with Crippen molar-refractivity contribution in [3.05, 3.63) is 48.3 Å². The number of aromatic nitrogens is 2. The molecule has 0 aliphatic carbocycles. The molecule has 2 aromatic rings. The second kappa shape index (κ2) is 6.64. The number of hydrogen-bond acceptors (Lipinski definition) is 3. The Morgan fingerprint density at radius 1 is 1.12 bits per heavy atom. The average Bonchev–Trinajstić information content (AvgIpc) is 3.33. The minimum Gasteiger partial charge on any atom is -0.342 e. The molecular formula is C20H26N4O. The molecule has 0 saturated carbocycles. The highest BCUT2D eigenvalue weighted by Crippen LogP contribution is 2.41. The molecule has 2 aliphatic rings. The van der Waals surface area contributed by atoms with Crippen LogP contribution in [-0.4, -0.2) is 51.7 Å². The van der Waals surface area contributed by atoms with E-state index in [1.165, 1.54) is 5.69 Å². The Bertz CT molecular complexity index is 741. The summed E-state index contributed by atoms with van der Waals surface area (Å²) in [4.78, 5) is 17.3. The largest absolute Gasteiger partial charge is 0.342 e. The van der Waals surface area contributed by atoms with Crippen molar-refractivity contribution >= 4 is 5.91 Å². The van der Waals surface area contributed by atoms with Crippen LogP contribution < -0.4 is 0 Å². The summed E-state index contributed by atoms with van der Waals surface area (Å²) < 4.78 is 2.00. The molecule has 1 aromatic heterocycles. The summed E-state index contributed by atoms with van der Waals surface area (Å²) in [6, 6.07) is 12.3. The van der Waals surface area contributed by atoms with Crippen molar-refractivity contribution in [2.45, 2.75) is 32.7 Å². The van der Waals surface area contributed by atoms with Crippen LogP contribution in [0.1, 0.15) is 31.9 Å². The molecule has 3 heterocycles. The summed E-state index contributed by atoms with van der Waals surface area (Å²) in [5, 5.41) is 4.48. The van der Waals surface area contributed by atoms with Crippen LogP contribution in [0.3, 0.4) is 0 Å². The van der Waals surface area contributed by atoms with E-state index < -0.39 is 0 Å². The van der Waals surface area contributed by atoms with E-state index in [0.29, 0.717) is 5.91 Å². The number of carbonyl (C=O) groups excluding carboxylic acids is 1. The lowest BCUT2D eigenvalue weighted by atomic mass is 9.85. The van der Waals surface area contributed by atoms with Gasteiger partial charge < -0.3 is 4.90 Å². The molecule has 25 heavy (non-hydrogen) atoms. The molecule has 5 heteroatoms. The zero-order valence-electron chi connectivity index (χ0n) is 14.9. The first kappa shape index (κ1) is 16.3. The molecule has 1 amide bonds. The Balaban J connectivity index is 1.46. The first-order valence-electron chi connectivity index (χ1n) is 9.32. The highest BCUT2D eigenvalue weighted by atomic mass is 16.2. The molecule has 2 fully saturated rings. The van der Waals surface area contributed by atoms with Crippen molar-refractivity contribution in [2.75, 3.05) is 26.2 Å². The van der Waals surface area contributed by atoms with Gasteiger partial charge in [-0.25, -0.2) is 4.68 Å². The standard InChI is InChI=1S/C20H26N4O/c1-2-12-23-14-10-20(19(23)25)9-13-22(16-20)15-18-8-11-21-24(18)17-6-4-3-5-7-17/h3-8,11H,2,9-10,12-16H2,1H3. The fourth-order valence-corrected chi connectivity index (χ4v) is 4.33. The Hall–Kier alpha value is -2.14. The second-order valence-electron chi connectivity index (χ2n) is 7.35. The number of nitrogens with zero attached hydrogens (tertiary/aromatic N) is 4. The molecule has 4 rings (SSSR count). The number of benzene rings is 1. The third-order valence-electron chi connectivity index (χ3n) is 5.64. The first-order valence-corrected chi connectivity index (χ1v) is 9.32. The van der Waals surface area contributed by atoms with Gasteiger partial charge in [0.25, 0.3) is 0 Å². The third kappa shape index (κ3) is 2.97. The summed E-state index contributed by atoms with van der Waals surface area (Å²) in [7, 11) is 0. The van der Waals surface area contributed by atoms with Gasteiger partial charge in [0, 0.05) is 32.4 Å². The van der Waals surface area contributed by atoms with Crippen LogP contribution in [0.5, 0.6) is 0 Å². The fourth-order valence-electron chi connectivity index (χ4n) is 4.33. The zero-order chi connectivity index (χ0) is 17.3. The van der Waals surface area contributed by atoms with Gasteiger partial charge in [-0.1, -0.05) is 25.1 Å². The predicted molar refractivity (Wildman–Crippen MR) is 97.4 cm³/mol. The van der Waals surface area contributed by atoms with Crippen LogP contribution in [0.2, 0.25) is 0 Å². The van der Waals surface area contributed by atoms with Crippen LogP contribution >= 0.6 is 0 Å². The predicted octanol–water partition coefficient (Wildman–Crippen LogP) is 2.71. The lowest BCUT2D eigenvalue weighted by molar-refractivity contribution is -0.135. The Morgan fingerprint density at radius 2 is 1.92 bits per heavy atom. The highest BCUT2D eigenvalue weighted by molar-refractivity contribution is 5.85. The SMILES string of the molecule is CCCN1CCC2(CCN(Cc3ccnn3-c3ccccc3)C2)C1=O. The number of amides is 1. The maximum atomic E-state index is 12.8. The monoisotopic (exact) mass is 338 g/mol. The van der Waals surface area contributed by atoms with E-state index in [1.807, 2.05) is 29.1 Å². The lowest BCUT2D eigenvalue weighted by Gasteiger charge is -2.23. The minimum atomic E-state index is -0.132. The van der Waals surface area contributed by atoms with Crippen molar-refractivity contribution < 1.29 is 4.79 Å². The van der Waals surface area contributed by atoms with Gasteiger partial charge in [-0.3, -0.25) is 9.69 Å². The van der Waals surface area contributed by atoms with Crippen molar-refractivity contribution in [1.82, 2.24) is 19.6 Å². The molecule has 0 bridgehead atoms. The molecule has 1 unspecified atom stereocenters. The summed E-state index contributed by atoms with van der Waals surface area (Å²) >= 11 is 0. The van der Waals surface area contributed by atoms with E-state index in [2.05, 4.69) is 40.0 Å². The first-order chi connectivity index (χ1) is 12.2. The maximum absolute atomic E-state index is 12.8. The molecule has 1 atom stereocenters. The van der Waals surface area contributed by atoms with E-state index in [9.17, 15) is 4.79 Å². The number of rotatable bonds is 5. The van der Waals surface area contributed by atoms with Gasteiger partial charge >= 0.3 is 0 Å². The zero-order valence-corrected chi connectivity index (χ0v) is 14.9. The highest BCUT2D eigenvalue weighted by Gasteiger charge is 2.50. The number of hydrogen-bond donors (Lipinski definition) is 0. The van der Waals surface area contributed by atoms with Crippen LogP contribution in [0.25, 0.3) is 5.69 Å². The van der Waals surface area contributed by atoms with Gasteiger partial charge in [0.1, 0.15) is 0 Å². The topological polar surface area (TPSA) is 41.4 Å². The van der Waals surface area contributed by atoms with Crippen molar-refractivity contribution in [1.29, 1.82) is 0 Å². The van der Waals surface area contributed by atoms with Gasteiger partial charge in [-0.05, 0) is 44.0 Å². The third-order valence-corrected chi connectivity index (χ3v) is 5.64. The number of carbonyl (C=O) groups is 1. The summed E-state index contributed by atoms with van der Waals surface area (Å²) in [5.41, 5.74) is 2.13. The van der Waals surface area contributed by atoms with Gasteiger partial charge in [0.2, 0.25) is 5.91 Å². The van der Waals surface area contributed by atoms with E-state index >= 15 is 0 Å². The lowest BCUT2D eigenvalue weighted by Crippen LogP contribution is -2.37. The molecule has 2 saturated heterocycles. The van der Waals surface area contributed by atoms with Gasteiger partial charge in [0.05, 0.1) is 16.8 Å². The molecule has 132 valence electrons. The van der Waals surface area contributed by atoms with Crippen LogP contribution in [0.4, 0.5) is 0 Å². The molecule has 1 spiro atoms. The Labute approximate surface area is 149 Å². The second-order valence-corrected chi connectivity index (χ2v) is 7.35. The molecular weight excluding hydrogens is 312 g/mol. The average molecular weight is 338 g/mol. The maximum Gasteiger partial charge on any atom is 0.230 e. The summed E-state index contributed by atoms with van der Waals surface area (Å²) in [6.07, 6.45) is 4.91. The van der Waals surface area contributed by atoms with Gasteiger partial charge in [-0.2, -0.15) is 5.10 Å². The van der Waals surface area contributed by atoms with Gasteiger partial charge in [0.15, 0.2) is 0 Å².